The predicted molar refractivity (Wildman–Crippen MR) is 51.2 cm³/mol. The van der Waals surface area contributed by atoms with Crippen LogP contribution in [0.15, 0.2) is 36.4 Å². The van der Waals surface area contributed by atoms with Crippen LogP contribution in [0.25, 0.3) is 0 Å². The fraction of sp³-hybridized carbons (Fsp3) is 0.100. The van der Waals surface area contributed by atoms with Gasteiger partial charge in [0.25, 0.3) is 0 Å². The Balaban J connectivity index is 2.96. The van der Waals surface area contributed by atoms with Crippen molar-refractivity contribution in [1.82, 2.24) is 0 Å². The molecule has 0 aliphatic rings. The van der Waals surface area contributed by atoms with Crippen molar-refractivity contribution in [3.8, 4) is 6.07 Å². The number of nitriles is 1. The fourth-order valence-corrected chi connectivity index (χ4v) is 1.14. The second kappa shape index (κ2) is 4.08. The molecule has 0 aliphatic carbocycles. The van der Waals surface area contributed by atoms with Crippen molar-refractivity contribution in [2.45, 2.75) is 6.10 Å². The van der Waals surface area contributed by atoms with Crippen molar-refractivity contribution < 1.29 is 5.11 Å². The van der Waals surface area contributed by atoms with Gasteiger partial charge >= 0.3 is 0 Å². The predicted octanol–water partition coefficient (Wildman–Crippen LogP) is 2.45. The third-order valence-corrected chi connectivity index (χ3v) is 1.87. The smallest absolute Gasteiger partial charge is 0.113 e. The zero-order valence-electron chi connectivity index (χ0n) is 6.87. The van der Waals surface area contributed by atoms with Crippen LogP contribution in [0.2, 0.25) is 5.02 Å². The van der Waals surface area contributed by atoms with Gasteiger partial charge in [-0.2, -0.15) is 5.26 Å². The summed E-state index contributed by atoms with van der Waals surface area (Å²) in [5.74, 6) is 0. The Hall–Kier alpha value is -1.30. The standard InChI is InChI=1S/C10H8ClNO/c1-7(6-12)10(13)8-3-2-4-9(11)5-8/h2-5,10,13H,1H2/t10-/m1/s1. The van der Waals surface area contributed by atoms with Gasteiger partial charge in [0.1, 0.15) is 6.10 Å². The molecule has 1 aromatic rings. The van der Waals surface area contributed by atoms with E-state index in [4.69, 9.17) is 16.9 Å². The number of nitrogens with zero attached hydrogens (tertiary/aromatic N) is 1. The van der Waals surface area contributed by atoms with Gasteiger partial charge in [-0.1, -0.05) is 30.3 Å². The molecule has 66 valence electrons. The molecule has 0 heterocycles. The molecule has 1 rings (SSSR count). The van der Waals surface area contributed by atoms with Crippen LogP contribution in [0, 0.1) is 11.3 Å². The summed E-state index contributed by atoms with van der Waals surface area (Å²) >= 11 is 5.71. The highest BCUT2D eigenvalue weighted by molar-refractivity contribution is 6.30. The highest BCUT2D eigenvalue weighted by Gasteiger charge is 2.10. The van der Waals surface area contributed by atoms with Crippen LogP contribution in [-0.4, -0.2) is 5.11 Å². The summed E-state index contributed by atoms with van der Waals surface area (Å²) in [6.45, 7) is 3.42. The summed E-state index contributed by atoms with van der Waals surface area (Å²) in [5.41, 5.74) is 0.696. The third kappa shape index (κ3) is 2.32. The van der Waals surface area contributed by atoms with E-state index in [0.29, 0.717) is 10.6 Å². The van der Waals surface area contributed by atoms with E-state index in [1.165, 1.54) is 0 Å². The van der Waals surface area contributed by atoms with Crippen molar-refractivity contribution in [3.05, 3.63) is 47.0 Å². The molecular formula is C10H8ClNO. The number of aliphatic hydroxyl groups is 1. The number of benzene rings is 1. The highest BCUT2D eigenvalue weighted by atomic mass is 35.5. The number of rotatable bonds is 2. The van der Waals surface area contributed by atoms with Crippen molar-refractivity contribution in [2.75, 3.05) is 0 Å². The van der Waals surface area contributed by atoms with Gasteiger partial charge < -0.3 is 5.11 Å². The van der Waals surface area contributed by atoms with Gasteiger partial charge in [0, 0.05) is 5.02 Å². The number of hydrogen-bond acceptors (Lipinski definition) is 2. The first-order valence-corrected chi connectivity index (χ1v) is 4.05. The van der Waals surface area contributed by atoms with E-state index in [2.05, 4.69) is 6.58 Å². The summed E-state index contributed by atoms with van der Waals surface area (Å²) < 4.78 is 0. The molecule has 2 nitrogen and oxygen atoms in total. The second-order valence-corrected chi connectivity index (χ2v) is 3.03. The molecule has 0 saturated heterocycles. The maximum absolute atomic E-state index is 9.53. The van der Waals surface area contributed by atoms with Gasteiger partial charge in [0.05, 0.1) is 11.6 Å². The largest absolute Gasteiger partial charge is 0.383 e. The highest BCUT2D eigenvalue weighted by Crippen LogP contribution is 2.22. The Labute approximate surface area is 81.7 Å². The quantitative estimate of drug-likeness (QED) is 0.734. The third-order valence-electron chi connectivity index (χ3n) is 1.64. The maximum Gasteiger partial charge on any atom is 0.113 e. The van der Waals surface area contributed by atoms with Crippen molar-refractivity contribution in [3.63, 3.8) is 0 Å². The average Bonchev–Trinajstić information content (AvgIpc) is 2.15. The van der Waals surface area contributed by atoms with E-state index < -0.39 is 6.10 Å². The van der Waals surface area contributed by atoms with Crippen LogP contribution >= 0.6 is 11.6 Å². The van der Waals surface area contributed by atoms with E-state index >= 15 is 0 Å². The van der Waals surface area contributed by atoms with E-state index in [1.807, 2.05) is 0 Å². The molecule has 3 heteroatoms. The molecule has 0 aliphatic heterocycles. The lowest BCUT2D eigenvalue weighted by atomic mass is 10.0. The number of hydrogen-bond donors (Lipinski definition) is 1. The lowest BCUT2D eigenvalue weighted by molar-refractivity contribution is 0.221. The van der Waals surface area contributed by atoms with Crippen molar-refractivity contribution in [1.29, 1.82) is 5.26 Å². The van der Waals surface area contributed by atoms with Gasteiger partial charge in [-0.25, -0.2) is 0 Å². The molecule has 0 radical (unpaired) electrons. The molecule has 0 spiro atoms. The Morgan fingerprint density at radius 1 is 1.62 bits per heavy atom. The molecule has 1 atom stereocenters. The first kappa shape index (κ1) is 9.79. The van der Waals surface area contributed by atoms with Crippen LogP contribution < -0.4 is 0 Å². The molecule has 0 fully saturated rings. The van der Waals surface area contributed by atoms with Gasteiger partial charge in [0.15, 0.2) is 0 Å². The molecule has 1 aromatic carbocycles. The zero-order valence-corrected chi connectivity index (χ0v) is 7.62. The monoisotopic (exact) mass is 193 g/mol. The first-order chi connectivity index (χ1) is 6.15. The zero-order chi connectivity index (χ0) is 9.84. The van der Waals surface area contributed by atoms with Crippen LogP contribution in [-0.2, 0) is 0 Å². The van der Waals surface area contributed by atoms with Crippen LogP contribution in [0.1, 0.15) is 11.7 Å². The summed E-state index contributed by atoms with van der Waals surface area (Å²) in [5, 5.41) is 18.6. The van der Waals surface area contributed by atoms with Gasteiger partial charge in [-0.15, -0.1) is 0 Å². The normalized spacial score (nSPS) is 11.8. The second-order valence-electron chi connectivity index (χ2n) is 2.59. The Morgan fingerprint density at radius 3 is 2.85 bits per heavy atom. The van der Waals surface area contributed by atoms with Crippen LogP contribution in [0.5, 0.6) is 0 Å². The Morgan fingerprint density at radius 2 is 2.31 bits per heavy atom. The molecule has 1 N–H and O–H groups in total. The first-order valence-electron chi connectivity index (χ1n) is 3.67. The lowest BCUT2D eigenvalue weighted by Crippen LogP contribution is -1.98. The van der Waals surface area contributed by atoms with Crippen LogP contribution in [0.4, 0.5) is 0 Å². The molecule has 0 saturated carbocycles. The average molecular weight is 194 g/mol. The van der Waals surface area contributed by atoms with E-state index in [1.54, 1.807) is 30.3 Å². The van der Waals surface area contributed by atoms with Gasteiger partial charge in [-0.05, 0) is 17.7 Å². The molecule has 0 aromatic heterocycles. The minimum atomic E-state index is -0.955. The fourth-order valence-electron chi connectivity index (χ4n) is 0.939. The Bertz CT molecular complexity index is 367. The summed E-state index contributed by atoms with van der Waals surface area (Å²) in [7, 11) is 0. The molecule has 13 heavy (non-hydrogen) atoms. The molecule has 0 unspecified atom stereocenters. The lowest BCUT2D eigenvalue weighted by Gasteiger charge is -2.08. The number of aliphatic hydroxyl groups excluding tert-OH is 1. The van der Waals surface area contributed by atoms with E-state index in [9.17, 15) is 5.11 Å². The Kier molecular flexibility index (Phi) is 3.07. The van der Waals surface area contributed by atoms with E-state index in [0.717, 1.165) is 0 Å². The maximum atomic E-state index is 9.53. The summed E-state index contributed by atoms with van der Waals surface area (Å²) in [6, 6.07) is 8.51. The molecular weight excluding hydrogens is 186 g/mol. The van der Waals surface area contributed by atoms with Gasteiger partial charge in [-0.3, -0.25) is 0 Å². The number of halogens is 1. The minimum Gasteiger partial charge on any atom is -0.383 e. The van der Waals surface area contributed by atoms with Crippen molar-refractivity contribution >= 4 is 11.6 Å². The summed E-state index contributed by atoms with van der Waals surface area (Å²) in [4.78, 5) is 0. The van der Waals surface area contributed by atoms with Crippen LogP contribution in [0.3, 0.4) is 0 Å². The SMILES string of the molecule is C=C(C#N)[C@@H](O)c1cccc(Cl)c1. The van der Waals surface area contributed by atoms with Gasteiger partial charge in [0.2, 0.25) is 0 Å². The molecule has 0 amide bonds. The minimum absolute atomic E-state index is 0.113. The van der Waals surface area contributed by atoms with Crippen molar-refractivity contribution in [2.24, 2.45) is 0 Å². The van der Waals surface area contributed by atoms with E-state index in [-0.39, 0.29) is 5.57 Å². The topological polar surface area (TPSA) is 44.0 Å². The molecule has 0 bridgehead atoms. The summed E-state index contributed by atoms with van der Waals surface area (Å²) in [6.07, 6.45) is -0.955.